The molecule has 2 N–H and O–H groups in total. The average Bonchev–Trinajstić information content (AvgIpc) is 2.97. The molecule has 1 nitrogen and oxygen atoms in total. The van der Waals surface area contributed by atoms with Gasteiger partial charge in [-0.1, -0.05) is 36.9 Å². The summed E-state index contributed by atoms with van der Waals surface area (Å²) in [5.74, 6) is 0. The first-order valence-corrected chi connectivity index (χ1v) is 5.69. The Labute approximate surface area is 97.7 Å². The van der Waals surface area contributed by atoms with Crippen LogP contribution in [0.2, 0.25) is 0 Å². The van der Waals surface area contributed by atoms with Crippen molar-refractivity contribution in [1.82, 2.24) is 0 Å². The zero-order valence-corrected chi connectivity index (χ0v) is 10.1. The predicted octanol–water partition coefficient (Wildman–Crippen LogP) is 3.53. The Balaban J connectivity index is 2.43. The number of hydrogen-bond acceptors (Lipinski definition) is 1. The quantitative estimate of drug-likeness (QED) is 0.816. The molecule has 1 fully saturated rings. The second kappa shape index (κ2) is 3.51. The molecular formula is C15H19N. The molecular weight excluding hydrogens is 194 g/mol. The van der Waals surface area contributed by atoms with Gasteiger partial charge < -0.3 is 5.73 Å². The topological polar surface area (TPSA) is 26.0 Å². The first kappa shape index (κ1) is 11.0. The van der Waals surface area contributed by atoms with Gasteiger partial charge in [-0.3, -0.25) is 0 Å². The lowest BCUT2D eigenvalue weighted by molar-refractivity contribution is 0.809. The van der Waals surface area contributed by atoms with E-state index < -0.39 is 0 Å². The highest BCUT2D eigenvalue weighted by Crippen LogP contribution is 2.51. The molecule has 1 heteroatoms. The normalized spacial score (nSPS) is 16.9. The van der Waals surface area contributed by atoms with Crippen LogP contribution in [-0.4, -0.2) is 0 Å². The molecule has 1 aliphatic carbocycles. The minimum absolute atomic E-state index is 0.0678. The average molecular weight is 213 g/mol. The van der Waals surface area contributed by atoms with Crippen molar-refractivity contribution in [1.29, 1.82) is 0 Å². The van der Waals surface area contributed by atoms with E-state index in [1.807, 2.05) is 6.92 Å². The van der Waals surface area contributed by atoms with E-state index in [2.05, 4.69) is 38.3 Å². The zero-order chi connectivity index (χ0) is 11.9. The molecule has 0 amide bonds. The van der Waals surface area contributed by atoms with E-state index in [0.717, 1.165) is 24.1 Å². The van der Waals surface area contributed by atoms with Gasteiger partial charge in [-0.15, -0.1) is 0 Å². The van der Waals surface area contributed by atoms with E-state index in [1.54, 1.807) is 0 Å². The molecule has 0 bridgehead atoms. The van der Waals surface area contributed by atoms with Gasteiger partial charge in [0.05, 0.1) is 0 Å². The van der Waals surface area contributed by atoms with Crippen molar-refractivity contribution in [3.8, 4) is 0 Å². The lowest BCUT2D eigenvalue weighted by atomic mass is 9.89. The Kier molecular flexibility index (Phi) is 2.42. The fourth-order valence-corrected chi connectivity index (χ4v) is 2.36. The Morgan fingerprint density at radius 1 is 1.31 bits per heavy atom. The smallest absolute Gasteiger partial charge is 0.0343 e. The Morgan fingerprint density at radius 3 is 2.31 bits per heavy atom. The molecule has 1 aliphatic rings. The first-order chi connectivity index (χ1) is 7.47. The molecule has 0 aromatic heterocycles. The van der Waals surface area contributed by atoms with Gasteiger partial charge in [0.1, 0.15) is 0 Å². The van der Waals surface area contributed by atoms with Crippen LogP contribution < -0.4 is 5.73 Å². The molecule has 0 unspecified atom stereocenters. The summed E-state index contributed by atoms with van der Waals surface area (Å²) in [6.45, 7) is 12.1. The second-order valence-corrected chi connectivity index (χ2v) is 4.92. The molecule has 1 aromatic rings. The van der Waals surface area contributed by atoms with Crippen molar-refractivity contribution in [3.05, 3.63) is 53.7 Å². The van der Waals surface area contributed by atoms with Crippen LogP contribution in [0.25, 0.3) is 5.57 Å². The van der Waals surface area contributed by atoms with Crippen LogP contribution in [0.4, 0.5) is 0 Å². The maximum Gasteiger partial charge on any atom is 0.0343 e. The Morgan fingerprint density at radius 2 is 1.94 bits per heavy atom. The van der Waals surface area contributed by atoms with Crippen molar-refractivity contribution in [2.45, 2.75) is 32.1 Å². The van der Waals surface area contributed by atoms with Crippen molar-refractivity contribution >= 4 is 5.57 Å². The minimum atomic E-state index is 0.0678. The largest absolute Gasteiger partial charge is 0.402 e. The Bertz CT molecular complexity index is 464. The molecule has 0 atom stereocenters. The molecule has 84 valence electrons. The third kappa shape index (κ3) is 1.57. The molecule has 0 radical (unpaired) electrons. The monoisotopic (exact) mass is 213 g/mol. The van der Waals surface area contributed by atoms with Crippen LogP contribution in [0, 0.1) is 6.92 Å². The molecule has 1 saturated carbocycles. The SMILES string of the molecule is C=C(C)c1ccc(C2(C(=C)N)CC2)cc1C. The van der Waals surface area contributed by atoms with E-state index in [0.29, 0.717) is 0 Å². The molecule has 0 aliphatic heterocycles. The molecule has 2 rings (SSSR count). The van der Waals surface area contributed by atoms with Crippen molar-refractivity contribution in [2.24, 2.45) is 5.73 Å². The van der Waals surface area contributed by atoms with E-state index in [-0.39, 0.29) is 5.41 Å². The van der Waals surface area contributed by atoms with Crippen LogP contribution in [0.5, 0.6) is 0 Å². The van der Waals surface area contributed by atoms with Gasteiger partial charge in [0.2, 0.25) is 0 Å². The lowest BCUT2D eigenvalue weighted by Gasteiger charge is -2.17. The van der Waals surface area contributed by atoms with E-state index >= 15 is 0 Å². The van der Waals surface area contributed by atoms with Gasteiger partial charge in [-0.2, -0.15) is 0 Å². The summed E-state index contributed by atoms with van der Waals surface area (Å²) in [4.78, 5) is 0. The van der Waals surface area contributed by atoms with E-state index in [1.165, 1.54) is 16.7 Å². The van der Waals surface area contributed by atoms with Crippen LogP contribution in [0.3, 0.4) is 0 Å². The summed E-state index contributed by atoms with van der Waals surface area (Å²) < 4.78 is 0. The summed E-state index contributed by atoms with van der Waals surface area (Å²) in [5.41, 5.74) is 11.7. The maximum atomic E-state index is 5.90. The van der Waals surface area contributed by atoms with Crippen LogP contribution in [-0.2, 0) is 5.41 Å². The summed E-state index contributed by atoms with van der Waals surface area (Å²) in [7, 11) is 0. The standard InChI is InChI=1S/C15H19N/c1-10(2)14-6-5-13(9-11(14)3)15(7-8-15)12(4)16/h5-6,9H,1,4,7-8,16H2,2-3H3. The van der Waals surface area contributed by atoms with Gasteiger partial charge in [0, 0.05) is 11.1 Å². The lowest BCUT2D eigenvalue weighted by Crippen LogP contribution is -2.16. The molecule has 1 aromatic carbocycles. The van der Waals surface area contributed by atoms with E-state index in [9.17, 15) is 0 Å². The van der Waals surface area contributed by atoms with Gasteiger partial charge in [-0.05, 0) is 43.4 Å². The van der Waals surface area contributed by atoms with Crippen molar-refractivity contribution in [3.63, 3.8) is 0 Å². The summed E-state index contributed by atoms with van der Waals surface area (Å²) >= 11 is 0. The van der Waals surface area contributed by atoms with Crippen molar-refractivity contribution in [2.75, 3.05) is 0 Å². The van der Waals surface area contributed by atoms with Gasteiger partial charge >= 0.3 is 0 Å². The van der Waals surface area contributed by atoms with Crippen LogP contribution in [0.15, 0.2) is 37.1 Å². The third-order valence-corrected chi connectivity index (χ3v) is 3.60. The highest BCUT2D eigenvalue weighted by atomic mass is 14.7. The fourth-order valence-electron chi connectivity index (χ4n) is 2.36. The number of aryl methyl sites for hydroxylation is 1. The molecule has 0 spiro atoms. The number of allylic oxidation sites excluding steroid dienone is 2. The molecule has 0 saturated heterocycles. The van der Waals surface area contributed by atoms with Crippen molar-refractivity contribution < 1.29 is 0 Å². The summed E-state index contributed by atoms with van der Waals surface area (Å²) in [5, 5.41) is 0. The minimum Gasteiger partial charge on any atom is -0.402 e. The summed E-state index contributed by atoms with van der Waals surface area (Å²) in [6, 6.07) is 6.55. The van der Waals surface area contributed by atoms with Gasteiger partial charge in [0.15, 0.2) is 0 Å². The van der Waals surface area contributed by atoms with Crippen LogP contribution >= 0.6 is 0 Å². The number of hydrogen-bond donors (Lipinski definition) is 1. The highest BCUT2D eigenvalue weighted by molar-refractivity contribution is 5.65. The third-order valence-electron chi connectivity index (χ3n) is 3.60. The van der Waals surface area contributed by atoms with Crippen LogP contribution in [0.1, 0.15) is 36.5 Å². The maximum absolute atomic E-state index is 5.90. The van der Waals surface area contributed by atoms with Gasteiger partial charge in [-0.25, -0.2) is 0 Å². The Hall–Kier alpha value is -1.50. The number of nitrogens with two attached hydrogens (primary N) is 1. The fraction of sp³-hybridized carbons (Fsp3) is 0.333. The first-order valence-electron chi connectivity index (χ1n) is 5.69. The molecule has 16 heavy (non-hydrogen) atoms. The molecule has 0 heterocycles. The zero-order valence-electron chi connectivity index (χ0n) is 10.1. The van der Waals surface area contributed by atoms with E-state index in [4.69, 9.17) is 5.73 Å². The summed E-state index contributed by atoms with van der Waals surface area (Å²) in [6.07, 6.45) is 2.27. The second-order valence-electron chi connectivity index (χ2n) is 4.92. The number of benzene rings is 1. The highest BCUT2D eigenvalue weighted by Gasteiger charge is 2.45. The number of rotatable bonds is 3. The van der Waals surface area contributed by atoms with Gasteiger partial charge in [0.25, 0.3) is 0 Å². The predicted molar refractivity (Wildman–Crippen MR) is 70.1 cm³/mol.